The molecule has 1 rings (SSSR count). The number of rotatable bonds is 10. The molecule has 0 bridgehead atoms. The van der Waals surface area contributed by atoms with Gasteiger partial charge in [-0.15, -0.1) is 0 Å². The predicted molar refractivity (Wildman–Crippen MR) is 81.6 cm³/mol. The summed E-state index contributed by atoms with van der Waals surface area (Å²) in [7, 11) is 0. The van der Waals surface area contributed by atoms with Crippen LogP contribution >= 0.6 is 0 Å². The molecule has 4 N–H and O–H groups in total. The fraction of sp³-hybridized carbons (Fsp3) is 0.500. The number of aryl methyl sites for hydroxylation is 1. The first-order chi connectivity index (χ1) is 10.2. The van der Waals surface area contributed by atoms with Crippen molar-refractivity contribution in [3.63, 3.8) is 0 Å². The van der Waals surface area contributed by atoms with Gasteiger partial charge in [0.2, 0.25) is 0 Å². The maximum Gasteiger partial charge on any atom is 0.320 e. The van der Waals surface area contributed by atoms with Gasteiger partial charge in [-0.1, -0.05) is 36.8 Å². The monoisotopic (exact) mass is 289 g/mol. The first-order valence-electron chi connectivity index (χ1n) is 7.30. The van der Waals surface area contributed by atoms with Gasteiger partial charge in [0.25, 0.3) is 0 Å². The molecule has 0 radical (unpaired) electrons. The number of benzene rings is 1. The summed E-state index contributed by atoms with van der Waals surface area (Å²) in [6.45, 7) is 0.558. The molecular formula is C16H23N3O2. The Morgan fingerprint density at radius 3 is 2.57 bits per heavy atom. The molecule has 0 aliphatic carbocycles. The Morgan fingerprint density at radius 1 is 1.29 bits per heavy atom. The van der Waals surface area contributed by atoms with Crippen molar-refractivity contribution in [1.29, 1.82) is 5.26 Å². The Hall–Kier alpha value is -1.90. The van der Waals surface area contributed by atoms with Crippen molar-refractivity contribution >= 4 is 5.97 Å². The van der Waals surface area contributed by atoms with E-state index in [1.807, 2.05) is 30.3 Å². The second-order valence-corrected chi connectivity index (χ2v) is 5.05. The highest BCUT2D eigenvalue weighted by Crippen LogP contribution is 2.07. The van der Waals surface area contributed by atoms with Crippen molar-refractivity contribution in [1.82, 2.24) is 5.32 Å². The third kappa shape index (κ3) is 6.89. The first kappa shape index (κ1) is 17.2. The molecule has 1 unspecified atom stereocenters. The van der Waals surface area contributed by atoms with Crippen LogP contribution in [0.25, 0.3) is 0 Å². The van der Waals surface area contributed by atoms with E-state index in [1.165, 1.54) is 0 Å². The lowest BCUT2D eigenvalue weighted by molar-refractivity contribution is -0.139. The standard InChI is InChI=1S/C16H23N3O2/c17-11-5-4-8-15(16(20)21)19-14(12-18)10-9-13-6-2-1-3-7-13/h1-3,6-7,14-15,19H,4-5,8-11,17H2,(H,20,21)/t14?,15-/m0/s1. The number of nitrogens with zero attached hydrogens (tertiary/aromatic N) is 1. The summed E-state index contributed by atoms with van der Waals surface area (Å²) >= 11 is 0. The van der Waals surface area contributed by atoms with Crippen molar-refractivity contribution in [3.8, 4) is 6.07 Å². The van der Waals surface area contributed by atoms with Gasteiger partial charge in [-0.25, -0.2) is 0 Å². The van der Waals surface area contributed by atoms with E-state index >= 15 is 0 Å². The van der Waals surface area contributed by atoms with Crippen LogP contribution < -0.4 is 11.1 Å². The van der Waals surface area contributed by atoms with Crippen LogP contribution in [0, 0.1) is 11.3 Å². The molecule has 0 saturated carbocycles. The highest BCUT2D eigenvalue weighted by molar-refractivity contribution is 5.73. The van der Waals surface area contributed by atoms with E-state index in [0.717, 1.165) is 24.8 Å². The normalized spacial score (nSPS) is 13.3. The number of hydrogen-bond acceptors (Lipinski definition) is 4. The van der Waals surface area contributed by atoms with Crippen LogP contribution in [0.5, 0.6) is 0 Å². The van der Waals surface area contributed by atoms with Crippen LogP contribution in [0.3, 0.4) is 0 Å². The number of nitrogens with two attached hydrogens (primary N) is 1. The van der Waals surface area contributed by atoms with Crippen LogP contribution in [-0.2, 0) is 11.2 Å². The highest BCUT2D eigenvalue weighted by atomic mass is 16.4. The molecule has 2 atom stereocenters. The smallest absolute Gasteiger partial charge is 0.320 e. The molecule has 5 nitrogen and oxygen atoms in total. The van der Waals surface area contributed by atoms with Gasteiger partial charge in [0.1, 0.15) is 6.04 Å². The molecule has 0 aliphatic rings. The van der Waals surface area contributed by atoms with Gasteiger partial charge < -0.3 is 10.8 Å². The number of aliphatic carboxylic acids is 1. The minimum Gasteiger partial charge on any atom is -0.480 e. The number of carboxylic acids is 1. The average molecular weight is 289 g/mol. The quantitative estimate of drug-likeness (QED) is 0.569. The zero-order chi connectivity index (χ0) is 15.5. The van der Waals surface area contributed by atoms with E-state index in [0.29, 0.717) is 19.4 Å². The summed E-state index contributed by atoms with van der Waals surface area (Å²) < 4.78 is 0. The lowest BCUT2D eigenvalue weighted by Gasteiger charge is -2.18. The largest absolute Gasteiger partial charge is 0.480 e. The van der Waals surface area contributed by atoms with Crippen molar-refractivity contribution in [2.24, 2.45) is 5.73 Å². The van der Waals surface area contributed by atoms with Crippen LogP contribution in [0.2, 0.25) is 0 Å². The maximum absolute atomic E-state index is 11.2. The minimum atomic E-state index is -0.910. The summed E-state index contributed by atoms with van der Waals surface area (Å²) in [5.41, 5.74) is 6.56. The van der Waals surface area contributed by atoms with E-state index in [1.54, 1.807) is 0 Å². The lowest BCUT2D eigenvalue weighted by atomic mass is 10.0. The molecule has 0 aromatic heterocycles. The van der Waals surface area contributed by atoms with Crippen LogP contribution in [-0.4, -0.2) is 29.7 Å². The molecule has 21 heavy (non-hydrogen) atoms. The van der Waals surface area contributed by atoms with Gasteiger partial charge in [-0.05, 0) is 37.8 Å². The number of nitrogens with one attached hydrogen (secondary N) is 1. The van der Waals surface area contributed by atoms with Gasteiger partial charge >= 0.3 is 5.97 Å². The summed E-state index contributed by atoms with van der Waals surface area (Å²) in [6.07, 6.45) is 3.39. The Kier molecular flexibility index (Phi) is 8.10. The fourth-order valence-corrected chi connectivity index (χ4v) is 2.15. The third-order valence-electron chi connectivity index (χ3n) is 3.37. The number of hydrogen-bond donors (Lipinski definition) is 3. The summed E-state index contributed by atoms with van der Waals surface area (Å²) in [5, 5.41) is 21.3. The summed E-state index contributed by atoms with van der Waals surface area (Å²) in [4.78, 5) is 11.2. The van der Waals surface area contributed by atoms with Gasteiger partial charge in [-0.2, -0.15) is 5.26 Å². The molecule has 114 valence electrons. The fourth-order valence-electron chi connectivity index (χ4n) is 2.15. The number of carbonyl (C=O) groups is 1. The Labute approximate surface area is 125 Å². The lowest BCUT2D eigenvalue weighted by Crippen LogP contribution is -2.43. The van der Waals surface area contributed by atoms with Crippen LogP contribution in [0.15, 0.2) is 30.3 Å². The maximum atomic E-state index is 11.2. The van der Waals surface area contributed by atoms with Crippen molar-refractivity contribution in [2.75, 3.05) is 6.54 Å². The second kappa shape index (κ2) is 9.92. The predicted octanol–water partition coefficient (Wildman–Crippen LogP) is 1.68. The van der Waals surface area contributed by atoms with E-state index in [9.17, 15) is 15.2 Å². The zero-order valence-electron chi connectivity index (χ0n) is 12.2. The van der Waals surface area contributed by atoms with E-state index < -0.39 is 18.1 Å². The molecule has 0 amide bonds. The molecule has 5 heteroatoms. The molecule has 1 aromatic rings. The summed E-state index contributed by atoms with van der Waals surface area (Å²) in [5.74, 6) is -0.910. The second-order valence-electron chi connectivity index (χ2n) is 5.05. The topological polar surface area (TPSA) is 99.1 Å². The van der Waals surface area contributed by atoms with E-state index in [4.69, 9.17) is 5.73 Å². The van der Waals surface area contributed by atoms with Crippen molar-refractivity contribution in [3.05, 3.63) is 35.9 Å². The zero-order valence-corrected chi connectivity index (χ0v) is 12.2. The average Bonchev–Trinajstić information content (AvgIpc) is 2.50. The number of unbranched alkanes of at least 4 members (excludes halogenated alkanes) is 1. The first-order valence-corrected chi connectivity index (χ1v) is 7.30. The molecule has 0 heterocycles. The van der Waals surface area contributed by atoms with Crippen molar-refractivity contribution < 1.29 is 9.90 Å². The van der Waals surface area contributed by atoms with E-state index in [2.05, 4.69) is 11.4 Å². The third-order valence-corrected chi connectivity index (χ3v) is 3.37. The van der Waals surface area contributed by atoms with Gasteiger partial charge in [0, 0.05) is 0 Å². The summed E-state index contributed by atoms with van der Waals surface area (Å²) in [6, 6.07) is 10.9. The Balaban J connectivity index is 2.46. The Bertz CT molecular complexity index is 456. The van der Waals surface area contributed by atoms with E-state index in [-0.39, 0.29) is 0 Å². The minimum absolute atomic E-state index is 0.454. The molecule has 0 aliphatic heterocycles. The van der Waals surface area contributed by atoms with Gasteiger partial charge in [0.05, 0.1) is 12.1 Å². The Morgan fingerprint density at radius 2 is 2.00 bits per heavy atom. The molecule has 1 aromatic carbocycles. The van der Waals surface area contributed by atoms with Gasteiger partial charge in [0.15, 0.2) is 0 Å². The highest BCUT2D eigenvalue weighted by Gasteiger charge is 2.20. The van der Waals surface area contributed by atoms with Gasteiger partial charge in [-0.3, -0.25) is 10.1 Å². The molecule has 0 saturated heterocycles. The van der Waals surface area contributed by atoms with Crippen LogP contribution in [0.4, 0.5) is 0 Å². The molecule has 0 spiro atoms. The van der Waals surface area contributed by atoms with Crippen LogP contribution in [0.1, 0.15) is 31.2 Å². The molecular weight excluding hydrogens is 266 g/mol. The van der Waals surface area contributed by atoms with Crippen molar-refractivity contribution in [2.45, 2.75) is 44.2 Å². The number of nitriles is 1. The number of carboxylic acid groups (broad SMARTS) is 1. The SMILES string of the molecule is N#CC(CCc1ccccc1)N[C@@H](CCCCN)C(=O)O. The molecule has 0 fully saturated rings.